The molecule has 1 atom stereocenters. The largest absolute Gasteiger partial charge is 0.463 e. The van der Waals surface area contributed by atoms with E-state index in [4.69, 9.17) is 10.5 Å². The number of allylic oxidation sites excluding steroid dienone is 2. The Morgan fingerprint density at radius 3 is 2.64 bits per heavy atom. The van der Waals surface area contributed by atoms with Gasteiger partial charge in [-0.15, -0.1) is 0 Å². The molecule has 2 aromatic rings. The van der Waals surface area contributed by atoms with Crippen LogP contribution in [0.5, 0.6) is 5.75 Å². The van der Waals surface area contributed by atoms with Crippen molar-refractivity contribution in [1.29, 1.82) is 0 Å². The Labute approximate surface area is 192 Å². The fourth-order valence-electron chi connectivity index (χ4n) is 4.53. The van der Waals surface area contributed by atoms with Crippen molar-refractivity contribution >= 4 is 17.7 Å². The lowest BCUT2D eigenvalue weighted by Gasteiger charge is -2.45. The lowest BCUT2D eigenvalue weighted by molar-refractivity contribution is -0.118. The fourth-order valence-corrected chi connectivity index (χ4v) is 4.53. The maximum Gasteiger partial charge on any atom is 0.250 e. The molecule has 2 aliphatic rings. The van der Waals surface area contributed by atoms with Gasteiger partial charge in [0.1, 0.15) is 5.75 Å². The van der Waals surface area contributed by atoms with Crippen LogP contribution in [0.4, 0.5) is 16.2 Å². The Hall–Kier alpha value is -3.62. The number of carbonyl (C=O) groups excluding carboxylic acids is 1. The van der Waals surface area contributed by atoms with Gasteiger partial charge in [0, 0.05) is 32.3 Å². The van der Waals surface area contributed by atoms with Crippen LogP contribution in [0.25, 0.3) is 0 Å². The number of benzene rings is 1. The number of para-hydroxylation sites is 1. The first-order valence-corrected chi connectivity index (χ1v) is 11.0. The molecular formula is C24H29FN6O2. The number of nitrogens with two attached hydrogens (primary N) is 1. The summed E-state index contributed by atoms with van der Waals surface area (Å²) in [5, 5.41) is 6.63. The van der Waals surface area contributed by atoms with Gasteiger partial charge in [0.05, 0.1) is 11.8 Å². The number of anilines is 2. The number of amides is 1. The number of dihydropyridines is 1. The smallest absolute Gasteiger partial charge is 0.250 e. The summed E-state index contributed by atoms with van der Waals surface area (Å²) in [5.74, 6) is 0.325. The number of halogens is 1. The predicted octanol–water partition coefficient (Wildman–Crippen LogP) is 2.96. The van der Waals surface area contributed by atoms with E-state index in [1.54, 1.807) is 37.3 Å². The van der Waals surface area contributed by atoms with Crippen LogP contribution in [0, 0.1) is 11.7 Å². The molecule has 0 bridgehead atoms. The zero-order chi connectivity index (χ0) is 23.4. The van der Waals surface area contributed by atoms with Gasteiger partial charge in [-0.2, -0.15) is 4.98 Å². The highest BCUT2D eigenvalue weighted by atomic mass is 19.1. The van der Waals surface area contributed by atoms with Crippen molar-refractivity contribution in [2.75, 3.05) is 24.3 Å². The van der Waals surface area contributed by atoms with Crippen molar-refractivity contribution in [3.05, 3.63) is 66.3 Å². The van der Waals surface area contributed by atoms with E-state index in [1.165, 1.54) is 6.20 Å². The minimum absolute atomic E-state index is 0.00549. The summed E-state index contributed by atoms with van der Waals surface area (Å²) < 4.78 is 20.4. The maximum atomic E-state index is 13.9. The van der Waals surface area contributed by atoms with E-state index < -0.39 is 17.4 Å². The molecule has 1 saturated carbocycles. The Morgan fingerprint density at radius 2 is 1.97 bits per heavy atom. The van der Waals surface area contributed by atoms with Crippen molar-refractivity contribution in [3.63, 3.8) is 0 Å². The molecule has 4 N–H and O–H groups in total. The Kier molecular flexibility index (Phi) is 6.48. The number of hydrogen-bond acceptors (Lipinski definition) is 7. The van der Waals surface area contributed by atoms with Crippen LogP contribution in [0.2, 0.25) is 0 Å². The lowest BCUT2D eigenvalue weighted by atomic mass is 9.75. The lowest BCUT2D eigenvalue weighted by Crippen LogP contribution is -2.59. The number of rotatable bonds is 7. The number of nitrogens with zero attached hydrogens (tertiary/aromatic N) is 3. The summed E-state index contributed by atoms with van der Waals surface area (Å²) in [6.07, 6.45) is 9.61. The zero-order valence-corrected chi connectivity index (χ0v) is 18.8. The van der Waals surface area contributed by atoms with E-state index in [1.807, 2.05) is 30.3 Å². The third kappa shape index (κ3) is 4.76. The van der Waals surface area contributed by atoms with Crippen LogP contribution in [-0.4, -0.2) is 41.7 Å². The molecule has 0 radical (unpaired) electrons. The summed E-state index contributed by atoms with van der Waals surface area (Å²) >= 11 is 0. The van der Waals surface area contributed by atoms with Crippen molar-refractivity contribution in [2.24, 2.45) is 11.7 Å². The van der Waals surface area contributed by atoms with Gasteiger partial charge in [-0.25, -0.2) is 9.37 Å². The maximum absolute atomic E-state index is 13.9. The number of aromatic nitrogens is 2. The molecule has 1 aliphatic heterocycles. The fraction of sp³-hybridized carbons (Fsp3) is 0.375. The van der Waals surface area contributed by atoms with Crippen LogP contribution in [-0.2, 0) is 4.79 Å². The van der Waals surface area contributed by atoms with Crippen molar-refractivity contribution < 1.29 is 13.9 Å². The molecule has 0 spiro atoms. The predicted molar refractivity (Wildman–Crippen MR) is 125 cm³/mol. The zero-order valence-electron chi connectivity index (χ0n) is 18.8. The van der Waals surface area contributed by atoms with Crippen LogP contribution >= 0.6 is 0 Å². The van der Waals surface area contributed by atoms with Gasteiger partial charge in [0.2, 0.25) is 11.7 Å². The van der Waals surface area contributed by atoms with E-state index >= 15 is 0 Å². The molecule has 1 amide bonds. The first-order valence-electron chi connectivity index (χ1n) is 11.0. The van der Waals surface area contributed by atoms with Crippen LogP contribution in [0.3, 0.4) is 0 Å². The number of primary amides is 1. The summed E-state index contributed by atoms with van der Waals surface area (Å²) in [4.78, 5) is 22.4. The number of ether oxygens (including phenoxy) is 1. The average molecular weight is 453 g/mol. The number of nitrogens with one attached hydrogen (secondary N) is 2. The molecule has 33 heavy (non-hydrogen) atoms. The van der Waals surface area contributed by atoms with Gasteiger partial charge in [0.25, 0.3) is 5.91 Å². The molecule has 8 nitrogen and oxygen atoms in total. The van der Waals surface area contributed by atoms with Crippen LogP contribution in [0.15, 0.2) is 60.5 Å². The second-order valence-electron chi connectivity index (χ2n) is 8.55. The molecule has 4 rings (SSSR count). The molecule has 1 aromatic heterocycles. The van der Waals surface area contributed by atoms with E-state index in [-0.39, 0.29) is 17.8 Å². The van der Waals surface area contributed by atoms with Crippen LogP contribution in [0.1, 0.15) is 25.7 Å². The standard InChI is InChI=1S/C24H29FN6O2/c1-31(2)22-20(25)15-27-23(30-22)29-17-12-10-16(11-13-17)24(33-18-7-4-3-5-8-18)19(21(26)32)9-6-14-28-24/h3-9,14-17,28H,10-13H2,1-2H3,(H2,26,32)(H,27,29,30)/t16?,17?,24-/m0/s1. The van der Waals surface area contributed by atoms with E-state index in [0.29, 0.717) is 17.3 Å². The third-order valence-electron chi connectivity index (χ3n) is 6.13. The van der Waals surface area contributed by atoms with Crippen LogP contribution < -0.4 is 26.0 Å². The minimum Gasteiger partial charge on any atom is -0.463 e. The first-order chi connectivity index (χ1) is 15.9. The van der Waals surface area contributed by atoms with Gasteiger partial charge in [-0.05, 0) is 50.0 Å². The Morgan fingerprint density at radius 1 is 1.24 bits per heavy atom. The molecule has 1 aliphatic carbocycles. The number of hydrogen-bond donors (Lipinski definition) is 3. The quantitative estimate of drug-likeness (QED) is 0.593. The van der Waals surface area contributed by atoms with Gasteiger partial charge in [-0.1, -0.05) is 18.2 Å². The van der Waals surface area contributed by atoms with Gasteiger partial charge in [-0.3, -0.25) is 4.79 Å². The van der Waals surface area contributed by atoms with E-state index in [2.05, 4.69) is 20.6 Å². The molecular weight excluding hydrogens is 423 g/mol. The summed E-state index contributed by atoms with van der Waals surface area (Å²) in [6, 6.07) is 9.54. The second-order valence-corrected chi connectivity index (χ2v) is 8.55. The summed E-state index contributed by atoms with van der Waals surface area (Å²) in [5.41, 5.74) is 5.12. The molecule has 174 valence electrons. The molecule has 0 unspecified atom stereocenters. The highest BCUT2D eigenvalue weighted by Crippen LogP contribution is 2.40. The highest BCUT2D eigenvalue weighted by molar-refractivity contribution is 5.94. The average Bonchev–Trinajstić information content (AvgIpc) is 2.81. The third-order valence-corrected chi connectivity index (χ3v) is 6.13. The van der Waals surface area contributed by atoms with E-state index in [0.717, 1.165) is 25.7 Å². The second kappa shape index (κ2) is 9.48. The Balaban J connectivity index is 1.51. The molecule has 0 saturated heterocycles. The topological polar surface area (TPSA) is 105 Å². The Bertz CT molecular complexity index is 1050. The monoisotopic (exact) mass is 452 g/mol. The minimum atomic E-state index is -1.04. The number of carbonyl (C=O) groups is 1. The summed E-state index contributed by atoms with van der Waals surface area (Å²) in [7, 11) is 3.48. The van der Waals surface area contributed by atoms with Gasteiger partial charge >= 0.3 is 0 Å². The first kappa shape index (κ1) is 22.6. The molecule has 1 fully saturated rings. The van der Waals surface area contributed by atoms with Gasteiger partial charge < -0.3 is 26.0 Å². The molecule has 1 aromatic carbocycles. The van der Waals surface area contributed by atoms with Gasteiger partial charge in [0.15, 0.2) is 11.6 Å². The van der Waals surface area contributed by atoms with Crippen molar-refractivity contribution in [3.8, 4) is 5.75 Å². The SMILES string of the molecule is CN(C)c1nc(NC2CCC([C@@]3(Oc4ccccc4)NC=CC=C3C(N)=O)CC2)ncc1F. The molecule has 2 heterocycles. The normalized spacial score (nSPS) is 24.4. The summed E-state index contributed by atoms with van der Waals surface area (Å²) in [6.45, 7) is 0. The highest BCUT2D eigenvalue weighted by Gasteiger charge is 2.48. The van der Waals surface area contributed by atoms with Crippen molar-refractivity contribution in [2.45, 2.75) is 37.5 Å². The molecule has 9 heteroatoms. The van der Waals surface area contributed by atoms with E-state index in [9.17, 15) is 9.18 Å². The van der Waals surface area contributed by atoms with Crippen molar-refractivity contribution in [1.82, 2.24) is 15.3 Å².